The Balaban J connectivity index is 1.19. The van der Waals surface area contributed by atoms with Crippen molar-refractivity contribution in [3.63, 3.8) is 0 Å². The zero-order valence-corrected chi connectivity index (χ0v) is 30.8. The van der Waals surface area contributed by atoms with Gasteiger partial charge in [0.2, 0.25) is 0 Å². The minimum atomic E-state index is 1.08. The summed E-state index contributed by atoms with van der Waals surface area (Å²) in [5.74, 6) is 0. The minimum absolute atomic E-state index is 1.08. The van der Waals surface area contributed by atoms with E-state index < -0.39 is 0 Å². The van der Waals surface area contributed by atoms with Crippen LogP contribution < -0.4 is 4.90 Å². The van der Waals surface area contributed by atoms with Gasteiger partial charge in [-0.2, -0.15) is 0 Å². The standard InChI is InChI=1S/C54H38N2/c1-4-17-39(18-5-1)40-31-33-42(34-32-40)49-27-12-14-29-52(49)55(45-24-16-21-43(37-45)48-26-11-10-25-47(48)41-19-6-2-7-20-41)46-35-36-51-50-28-13-15-30-53(50)56(54(51)38-46)44-22-8-3-9-23-44/h1-38H. The monoisotopic (exact) mass is 714 g/mol. The average molecular weight is 715 g/mol. The van der Waals surface area contributed by atoms with Crippen molar-refractivity contribution < 1.29 is 0 Å². The molecule has 0 radical (unpaired) electrons. The smallest absolute Gasteiger partial charge is 0.0561 e. The summed E-state index contributed by atoms with van der Waals surface area (Å²) in [4.78, 5) is 2.43. The highest BCUT2D eigenvalue weighted by Gasteiger charge is 2.21. The summed E-state index contributed by atoms with van der Waals surface area (Å²) in [6, 6.07) is 83.1. The highest BCUT2D eigenvalue weighted by Crippen LogP contribution is 2.45. The normalized spacial score (nSPS) is 11.2. The second kappa shape index (κ2) is 14.4. The van der Waals surface area contributed by atoms with Gasteiger partial charge >= 0.3 is 0 Å². The van der Waals surface area contributed by atoms with Crippen LogP contribution in [0.15, 0.2) is 231 Å². The van der Waals surface area contributed by atoms with E-state index in [0.717, 1.165) is 45.0 Å². The number of anilines is 3. The first-order chi connectivity index (χ1) is 27.8. The van der Waals surface area contributed by atoms with Crippen molar-refractivity contribution in [2.75, 3.05) is 4.90 Å². The largest absolute Gasteiger partial charge is 0.310 e. The van der Waals surface area contributed by atoms with Gasteiger partial charge in [-0.1, -0.05) is 182 Å². The predicted molar refractivity (Wildman–Crippen MR) is 237 cm³/mol. The molecule has 264 valence electrons. The van der Waals surface area contributed by atoms with Gasteiger partial charge in [0, 0.05) is 33.4 Å². The SMILES string of the molecule is c1ccc(-c2ccc(-c3ccccc3N(c3cccc(-c4ccccc4-c4ccccc4)c3)c3ccc4c5ccccc5n(-c5ccccc5)c4c3)cc2)cc1. The van der Waals surface area contributed by atoms with Crippen LogP contribution in [0, 0.1) is 0 Å². The molecule has 0 aliphatic heterocycles. The van der Waals surface area contributed by atoms with Crippen molar-refractivity contribution in [2.45, 2.75) is 0 Å². The lowest BCUT2D eigenvalue weighted by Gasteiger charge is -2.29. The lowest BCUT2D eigenvalue weighted by Crippen LogP contribution is -2.11. The van der Waals surface area contributed by atoms with Crippen LogP contribution in [0.2, 0.25) is 0 Å². The van der Waals surface area contributed by atoms with Crippen LogP contribution in [0.4, 0.5) is 17.1 Å². The summed E-state index contributed by atoms with van der Waals surface area (Å²) in [7, 11) is 0. The first-order valence-electron chi connectivity index (χ1n) is 19.2. The molecule has 0 N–H and O–H groups in total. The van der Waals surface area contributed by atoms with Gasteiger partial charge in [-0.25, -0.2) is 0 Å². The van der Waals surface area contributed by atoms with Crippen LogP contribution >= 0.6 is 0 Å². The van der Waals surface area contributed by atoms with E-state index in [1.807, 2.05) is 0 Å². The van der Waals surface area contributed by atoms with E-state index in [4.69, 9.17) is 0 Å². The Hall–Kier alpha value is -7.42. The number of hydrogen-bond donors (Lipinski definition) is 0. The summed E-state index contributed by atoms with van der Waals surface area (Å²) in [5.41, 5.74) is 16.3. The summed E-state index contributed by atoms with van der Waals surface area (Å²) in [5, 5.41) is 2.46. The molecule has 0 fully saturated rings. The first kappa shape index (κ1) is 33.2. The molecular formula is C54H38N2. The van der Waals surface area contributed by atoms with Crippen molar-refractivity contribution in [1.82, 2.24) is 4.57 Å². The molecule has 56 heavy (non-hydrogen) atoms. The molecule has 1 aromatic heterocycles. The summed E-state index contributed by atoms with van der Waals surface area (Å²) >= 11 is 0. The van der Waals surface area contributed by atoms with Crippen molar-refractivity contribution in [2.24, 2.45) is 0 Å². The molecule has 10 rings (SSSR count). The number of fused-ring (bicyclic) bond motifs is 3. The molecule has 0 saturated heterocycles. The third-order valence-corrected chi connectivity index (χ3v) is 10.8. The van der Waals surface area contributed by atoms with Gasteiger partial charge in [-0.3, -0.25) is 0 Å². The van der Waals surface area contributed by atoms with Gasteiger partial charge in [-0.05, 0) is 87.5 Å². The third-order valence-electron chi connectivity index (χ3n) is 10.8. The van der Waals surface area contributed by atoms with Crippen LogP contribution in [0.25, 0.3) is 72.0 Å². The molecule has 2 heteroatoms. The maximum atomic E-state index is 2.43. The third kappa shape index (κ3) is 6.04. The second-order valence-electron chi connectivity index (χ2n) is 14.1. The van der Waals surface area contributed by atoms with E-state index in [0.29, 0.717) is 0 Å². The predicted octanol–water partition coefficient (Wildman–Crippen LogP) is 14.9. The zero-order chi connectivity index (χ0) is 37.3. The van der Waals surface area contributed by atoms with E-state index in [1.54, 1.807) is 0 Å². The second-order valence-corrected chi connectivity index (χ2v) is 14.1. The molecule has 1 heterocycles. The first-order valence-corrected chi connectivity index (χ1v) is 19.2. The fourth-order valence-electron chi connectivity index (χ4n) is 8.18. The summed E-state index contributed by atoms with van der Waals surface area (Å²) in [6.07, 6.45) is 0. The molecule has 0 saturated carbocycles. The average Bonchev–Trinajstić information content (AvgIpc) is 3.61. The zero-order valence-electron chi connectivity index (χ0n) is 30.8. The van der Waals surface area contributed by atoms with E-state index in [2.05, 4.69) is 240 Å². The highest BCUT2D eigenvalue weighted by molar-refractivity contribution is 6.10. The lowest BCUT2D eigenvalue weighted by atomic mass is 9.94. The van der Waals surface area contributed by atoms with E-state index in [1.165, 1.54) is 44.1 Å². The molecule has 0 amide bonds. The van der Waals surface area contributed by atoms with Crippen LogP contribution in [0.1, 0.15) is 0 Å². The maximum Gasteiger partial charge on any atom is 0.0561 e. The Bertz CT molecular complexity index is 2940. The molecule has 0 aliphatic rings. The fraction of sp³-hybridized carbons (Fsp3) is 0. The molecule has 2 nitrogen and oxygen atoms in total. The molecule has 0 aliphatic carbocycles. The highest BCUT2D eigenvalue weighted by atomic mass is 15.1. The number of benzene rings is 9. The van der Waals surface area contributed by atoms with Gasteiger partial charge in [0.05, 0.1) is 16.7 Å². The Morgan fingerprint density at radius 2 is 0.786 bits per heavy atom. The Morgan fingerprint density at radius 1 is 0.286 bits per heavy atom. The number of para-hydroxylation sites is 3. The van der Waals surface area contributed by atoms with Crippen molar-refractivity contribution in [1.29, 1.82) is 0 Å². The van der Waals surface area contributed by atoms with E-state index >= 15 is 0 Å². The minimum Gasteiger partial charge on any atom is -0.310 e. The van der Waals surface area contributed by atoms with Crippen molar-refractivity contribution >= 4 is 38.9 Å². The van der Waals surface area contributed by atoms with Crippen LogP contribution in [0.3, 0.4) is 0 Å². The van der Waals surface area contributed by atoms with Gasteiger partial charge < -0.3 is 9.47 Å². The molecule has 9 aromatic carbocycles. The fourth-order valence-corrected chi connectivity index (χ4v) is 8.18. The number of rotatable bonds is 8. The topological polar surface area (TPSA) is 8.17 Å². The molecule has 0 spiro atoms. The van der Waals surface area contributed by atoms with E-state index in [-0.39, 0.29) is 0 Å². The van der Waals surface area contributed by atoms with Crippen LogP contribution in [-0.2, 0) is 0 Å². The number of nitrogens with zero attached hydrogens (tertiary/aromatic N) is 2. The summed E-state index contributed by atoms with van der Waals surface area (Å²) < 4.78 is 2.40. The Labute approximate surface area is 327 Å². The molecule has 0 atom stereocenters. The number of aromatic nitrogens is 1. The van der Waals surface area contributed by atoms with Crippen LogP contribution in [-0.4, -0.2) is 4.57 Å². The quantitative estimate of drug-likeness (QED) is 0.152. The van der Waals surface area contributed by atoms with Gasteiger partial charge in [0.15, 0.2) is 0 Å². The molecule has 0 unspecified atom stereocenters. The Morgan fingerprint density at radius 3 is 1.54 bits per heavy atom. The molecule has 0 bridgehead atoms. The maximum absolute atomic E-state index is 2.43. The number of hydrogen-bond acceptors (Lipinski definition) is 1. The molecule has 10 aromatic rings. The lowest BCUT2D eigenvalue weighted by molar-refractivity contribution is 1.18. The van der Waals surface area contributed by atoms with Crippen molar-refractivity contribution in [3.8, 4) is 50.2 Å². The van der Waals surface area contributed by atoms with E-state index in [9.17, 15) is 0 Å². The van der Waals surface area contributed by atoms with Gasteiger partial charge in [-0.15, -0.1) is 0 Å². The Kier molecular flexibility index (Phi) is 8.55. The summed E-state index contributed by atoms with van der Waals surface area (Å²) in [6.45, 7) is 0. The van der Waals surface area contributed by atoms with Gasteiger partial charge in [0.1, 0.15) is 0 Å². The van der Waals surface area contributed by atoms with Gasteiger partial charge in [0.25, 0.3) is 0 Å². The van der Waals surface area contributed by atoms with Crippen LogP contribution in [0.5, 0.6) is 0 Å². The molecular weight excluding hydrogens is 677 g/mol. The van der Waals surface area contributed by atoms with Crippen molar-refractivity contribution in [3.05, 3.63) is 231 Å².